The summed E-state index contributed by atoms with van der Waals surface area (Å²) in [5.41, 5.74) is 0.866. The van der Waals surface area contributed by atoms with Gasteiger partial charge in [-0.1, -0.05) is 30.3 Å². The summed E-state index contributed by atoms with van der Waals surface area (Å²) in [5, 5.41) is 1.78. The van der Waals surface area contributed by atoms with Crippen LogP contribution in [0.2, 0.25) is 0 Å². The van der Waals surface area contributed by atoms with Gasteiger partial charge in [0.1, 0.15) is 0 Å². The zero-order valence-electron chi connectivity index (χ0n) is 17.0. The van der Waals surface area contributed by atoms with Crippen molar-refractivity contribution in [2.24, 2.45) is 0 Å². The lowest BCUT2D eigenvalue weighted by atomic mass is 10.0. The number of ketones is 1. The molecule has 3 aromatic rings. The number of hydrogen-bond donors (Lipinski definition) is 0. The molecule has 0 saturated heterocycles. The van der Waals surface area contributed by atoms with Crippen molar-refractivity contribution >= 4 is 29.0 Å². The summed E-state index contributed by atoms with van der Waals surface area (Å²) in [7, 11) is 2.89. The number of benzene rings is 2. The van der Waals surface area contributed by atoms with E-state index in [-0.39, 0.29) is 29.2 Å². The van der Waals surface area contributed by atoms with E-state index in [2.05, 4.69) is 0 Å². The van der Waals surface area contributed by atoms with Crippen LogP contribution in [0.3, 0.4) is 0 Å². The number of likely N-dealkylation sites (N-methyl/N-ethyl adjacent to an activating group) is 1. The van der Waals surface area contributed by atoms with E-state index in [9.17, 15) is 18.8 Å². The van der Waals surface area contributed by atoms with Gasteiger partial charge in [-0.05, 0) is 35.2 Å². The lowest BCUT2D eigenvalue weighted by Crippen LogP contribution is -2.31. The van der Waals surface area contributed by atoms with Gasteiger partial charge in [-0.2, -0.15) is 0 Å². The normalized spacial score (nSPS) is 10.4. The number of halogens is 1. The molecule has 0 spiro atoms. The highest BCUT2D eigenvalue weighted by Gasteiger charge is 2.21. The molecule has 0 aliphatic carbocycles. The standard InChI is InChI=1S/C23H20FNO5S/c1-25(13-15-9-10-19(29-2)18(24)12-15)21(26)14-30-23(28)17-7-4-3-6-16(17)22(27)20-8-5-11-31-20/h3-12H,13-14H2,1-2H3. The summed E-state index contributed by atoms with van der Waals surface area (Å²) in [6.07, 6.45) is 0. The van der Waals surface area contributed by atoms with Gasteiger partial charge in [0.15, 0.2) is 18.2 Å². The molecule has 8 heteroatoms. The highest BCUT2D eigenvalue weighted by molar-refractivity contribution is 7.12. The number of amides is 1. The van der Waals surface area contributed by atoms with E-state index in [0.29, 0.717) is 10.4 Å². The molecular weight excluding hydrogens is 421 g/mol. The number of hydrogen-bond acceptors (Lipinski definition) is 6. The molecule has 0 unspecified atom stereocenters. The van der Waals surface area contributed by atoms with Crippen LogP contribution in [-0.2, 0) is 16.1 Å². The Bertz CT molecular complexity index is 1100. The largest absolute Gasteiger partial charge is 0.494 e. The van der Waals surface area contributed by atoms with E-state index < -0.39 is 24.3 Å². The lowest BCUT2D eigenvalue weighted by Gasteiger charge is -2.18. The molecule has 0 aliphatic heterocycles. The van der Waals surface area contributed by atoms with Gasteiger partial charge in [0.2, 0.25) is 5.78 Å². The molecule has 2 aromatic carbocycles. The van der Waals surface area contributed by atoms with Crippen LogP contribution in [-0.4, -0.2) is 43.3 Å². The lowest BCUT2D eigenvalue weighted by molar-refractivity contribution is -0.133. The van der Waals surface area contributed by atoms with Gasteiger partial charge in [-0.3, -0.25) is 9.59 Å². The van der Waals surface area contributed by atoms with Crippen LogP contribution >= 0.6 is 11.3 Å². The van der Waals surface area contributed by atoms with Crippen LogP contribution in [0.25, 0.3) is 0 Å². The summed E-state index contributed by atoms with van der Waals surface area (Å²) in [5.74, 6) is -1.93. The van der Waals surface area contributed by atoms with Crippen LogP contribution in [0.4, 0.5) is 4.39 Å². The summed E-state index contributed by atoms with van der Waals surface area (Å²) < 4.78 is 23.8. The third-order valence-electron chi connectivity index (χ3n) is 4.53. The summed E-state index contributed by atoms with van der Waals surface area (Å²) in [4.78, 5) is 39.4. The van der Waals surface area contributed by atoms with Gasteiger partial charge in [0, 0.05) is 19.2 Å². The maximum atomic E-state index is 13.8. The third-order valence-corrected chi connectivity index (χ3v) is 5.39. The predicted octanol–water partition coefficient (Wildman–Crippen LogP) is 3.94. The molecule has 0 aliphatic rings. The number of carbonyl (C=O) groups is 3. The minimum Gasteiger partial charge on any atom is -0.494 e. The number of methoxy groups -OCH3 is 1. The topological polar surface area (TPSA) is 72.9 Å². The molecule has 6 nitrogen and oxygen atoms in total. The van der Waals surface area contributed by atoms with Crippen molar-refractivity contribution in [3.8, 4) is 5.75 Å². The zero-order valence-corrected chi connectivity index (χ0v) is 17.8. The van der Waals surface area contributed by atoms with Crippen molar-refractivity contribution in [2.45, 2.75) is 6.54 Å². The highest BCUT2D eigenvalue weighted by atomic mass is 32.1. The Labute approximate surface area is 182 Å². The first-order valence-corrected chi connectivity index (χ1v) is 10.2. The molecular formula is C23H20FNO5S. The maximum Gasteiger partial charge on any atom is 0.339 e. The molecule has 0 atom stereocenters. The second kappa shape index (κ2) is 9.99. The Morgan fingerprint density at radius 3 is 2.42 bits per heavy atom. The van der Waals surface area contributed by atoms with Crippen LogP contribution in [0.15, 0.2) is 60.0 Å². The molecule has 3 rings (SSSR count). The maximum absolute atomic E-state index is 13.8. The zero-order chi connectivity index (χ0) is 22.4. The van der Waals surface area contributed by atoms with E-state index in [0.717, 1.165) is 0 Å². The Morgan fingerprint density at radius 2 is 1.77 bits per heavy atom. The SMILES string of the molecule is COc1ccc(CN(C)C(=O)COC(=O)c2ccccc2C(=O)c2cccs2)cc1F. The van der Waals surface area contributed by atoms with Gasteiger partial charge in [0.25, 0.3) is 5.91 Å². The Balaban J connectivity index is 1.62. The molecule has 31 heavy (non-hydrogen) atoms. The van der Waals surface area contributed by atoms with Gasteiger partial charge in [-0.25, -0.2) is 9.18 Å². The van der Waals surface area contributed by atoms with Crippen LogP contribution in [0, 0.1) is 5.82 Å². The van der Waals surface area contributed by atoms with E-state index in [4.69, 9.17) is 9.47 Å². The van der Waals surface area contributed by atoms with Crippen molar-refractivity contribution in [2.75, 3.05) is 20.8 Å². The van der Waals surface area contributed by atoms with Crippen molar-refractivity contribution in [3.63, 3.8) is 0 Å². The van der Waals surface area contributed by atoms with Crippen LogP contribution in [0.5, 0.6) is 5.75 Å². The Morgan fingerprint density at radius 1 is 1.03 bits per heavy atom. The molecule has 0 saturated carbocycles. The van der Waals surface area contributed by atoms with Crippen molar-refractivity contribution < 1.29 is 28.2 Å². The third kappa shape index (κ3) is 5.35. The molecule has 160 valence electrons. The summed E-state index contributed by atoms with van der Waals surface area (Å²) in [6, 6.07) is 14.1. The molecule has 0 N–H and O–H groups in total. The van der Waals surface area contributed by atoms with Crippen molar-refractivity contribution in [1.82, 2.24) is 4.90 Å². The van der Waals surface area contributed by atoms with E-state index in [1.54, 1.807) is 41.8 Å². The van der Waals surface area contributed by atoms with Crippen LogP contribution < -0.4 is 4.74 Å². The molecule has 1 aromatic heterocycles. The van der Waals surface area contributed by atoms with Crippen molar-refractivity contribution in [1.29, 1.82) is 0 Å². The smallest absolute Gasteiger partial charge is 0.339 e. The fraction of sp³-hybridized carbons (Fsp3) is 0.174. The fourth-order valence-corrected chi connectivity index (χ4v) is 3.56. The first-order chi connectivity index (χ1) is 14.9. The number of esters is 1. The Kier molecular flexibility index (Phi) is 7.15. The molecule has 0 bridgehead atoms. The first kappa shape index (κ1) is 22.2. The monoisotopic (exact) mass is 441 g/mol. The number of nitrogens with zero attached hydrogens (tertiary/aromatic N) is 1. The molecule has 1 amide bonds. The van der Waals surface area contributed by atoms with E-state index in [1.807, 2.05) is 0 Å². The minimum atomic E-state index is -0.766. The van der Waals surface area contributed by atoms with Gasteiger partial charge in [-0.15, -0.1) is 11.3 Å². The first-order valence-electron chi connectivity index (χ1n) is 9.31. The van der Waals surface area contributed by atoms with Gasteiger partial charge in [0.05, 0.1) is 17.6 Å². The number of thiophene rings is 1. The fourth-order valence-electron chi connectivity index (χ4n) is 2.89. The second-order valence-corrected chi connectivity index (χ2v) is 7.59. The number of rotatable bonds is 8. The number of carbonyl (C=O) groups excluding carboxylic acids is 3. The predicted molar refractivity (Wildman–Crippen MR) is 114 cm³/mol. The summed E-state index contributed by atoms with van der Waals surface area (Å²) in [6.45, 7) is -0.375. The quantitative estimate of drug-likeness (QED) is 0.391. The van der Waals surface area contributed by atoms with Crippen LogP contribution in [0.1, 0.15) is 31.2 Å². The second-order valence-electron chi connectivity index (χ2n) is 6.65. The average molecular weight is 441 g/mol. The van der Waals surface area contributed by atoms with E-state index in [1.165, 1.54) is 48.6 Å². The Hall–Kier alpha value is -3.52. The molecule has 0 radical (unpaired) electrons. The van der Waals surface area contributed by atoms with E-state index >= 15 is 0 Å². The highest BCUT2D eigenvalue weighted by Crippen LogP contribution is 2.20. The minimum absolute atomic E-state index is 0.0913. The molecule has 1 heterocycles. The number of ether oxygens (including phenoxy) is 2. The van der Waals surface area contributed by atoms with Gasteiger partial charge < -0.3 is 14.4 Å². The van der Waals surface area contributed by atoms with Gasteiger partial charge >= 0.3 is 5.97 Å². The average Bonchev–Trinajstić information content (AvgIpc) is 3.31. The summed E-state index contributed by atoms with van der Waals surface area (Å²) >= 11 is 1.28. The molecule has 0 fully saturated rings. The van der Waals surface area contributed by atoms with Crippen molar-refractivity contribution in [3.05, 3.63) is 87.4 Å².